The number of aromatic nitrogens is 1. The molecular formula is C9H6Cl2N2O. The van der Waals surface area contributed by atoms with Gasteiger partial charge in [0, 0.05) is 22.7 Å². The molecule has 0 fully saturated rings. The Bertz CT molecular complexity index is 504. The van der Waals surface area contributed by atoms with Gasteiger partial charge in [0.15, 0.2) is 5.17 Å². The van der Waals surface area contributed by atoms with E-state index >= 15 is 0 Å². The van der Waals surface area contributed by atoms with Crippen molar-refractivity contribution in [2.45, 2.75) is 0 Å². The lowest BCUT2D eigenvalue weighted by Crippen LogP contribution is -1.88. The van der Waals surface area contributed by atoms with E-state index in [1.807, 2.05) is 12.1 Å². The number of hydrogen-bond acceptors (Lipinski definition) is 2. The predicted molar refractivity (Wildman–Crippen MR) is 57.5 cm³/mol. The maximum absolute atomic E-state index is 8.56. The molecule has 0 radical (unpaired) electrons. The minimum Gasteiger partial charge on any atom is -0.410 e. The van der Waals surface area contributed by atoms with Gasteiger partial charge in [-0.15, -0.1) is 0 Å². The Morgan fingerprint density at radius 1 is 1.43 bits per heavy atom. The summed E-state index contributed by atoms with van der Waals surface area (Å²) in [5.41, 5.74) is 1.45. The third-order valence-electron chi connectivity index (χ3n) is 1.97. The molecule has 2 rings (SSSR count). The van der Waals surface area contributed by atoms with E-state index in [4.69, 9.17) is 28.4 Å². The van der Waals surface area contributed by atoms with E-state index in [9.17, 15) is 0 Å². The summed E-state index contributed by atoms with van der Waals surface area (Å²) < 4.78 is 0. The Morgan fingerprint density at radius 3 is 2.93 bits per heavy atom. The van der Waals surface area contributed by atoms with Crippen LogP contribution >= 0.6 is 23.2 Å². The lowest BCUT2D eigenvalue weighted by Gasteiger charge is -1.96. The molecule has 2 aromatic rings. The van der Waals surface area contributed by atoms with Crippen molar-refractivity contribution in [3.05, 3.63) is 35.0 Å². The zero-order valence-corrected chi connectivity index (χ0v) is 8.47. The van der Waals surface area contributed by atoms with Gasteiger partial charge in [-0.1, -0.05) is 34.4 Å². The van der Waals surface area contributed by atoms with Crippen molar-refractivity contribution in [1.29, 1.82) is 0 Å². The smallest absolute Gasteiger partial charge is 0.177 e. The normalized spacial score (nSPS) is 12.3. The molecule has 0 amide bonds. The summed E-state index contributed by atoms with van der Waals surface area (Å²) in [7, 11) is 0. The van der Waals surface area contributed by atoms with Crippen LogP contribution in [0.5, 0.6) is 0 Å². The Morgan fingerprint density at radius 2 is 2.21 bits per heavy atom. The summed E-state index contributed by atoms with van der Waals surface area (Å²) in [6.07, 6.45) is 1.65. The summed E-state index contributed by atoms with van der Waals surface area (Å²) in [5.74, 6) is 0. The largest absolute Gasteiger partial charge is 0.410 e. The molecule has 72 valence electrons. The molecule has 0 unspecified atom stereocenters. The number of halogens is 2. The molecule has 1 heterocycles. The molecule has 0 saturated carbocycles. The van der Waals surface area contributed by atoms with Crippen LogP contribution in [0.25, 0.3) is 10.9 Å². The average Bonchev–Trinajstić information content (AvgIpc) is 2.62. The zero-order chi connectivity index (χ0) is 10.1. The first-order valence-corrected chi connectivity index (χ1v) is 4.63. The number of oxime groups is 1. The molecule has 14 heavy (non-hydrogen) atoms. The fourth-order valence-electron chi connectivity index (χ4n) is 1.36. The van der Waals surface area contributed by atoms with Crippen molar-refractivity contribution in [2.75, 3.05) is 0 Å². The van der Waals surface area contributed by atoms with E-state index < -0.39 is 0 Å². The van der Waals surface area contributed by atoms with Crippen molar-refractivity contribution in [3.63, 3.8) is 0 Å². The van der Waals surface area contributed by atoms with E-state index in [-0.39, 0.29) is 5.17 Å². The second-order valence-corrected chi connectivity index (χ2v) is 3.52. The van der Waals surface area contributed by atoms with Gasteiger partial charge in [0.05, 0.1) is 5.02 Å². The molecule has 0 aliphatic rings. The SMILES string of the molecule is ON=C(Cl)c1c[nH]c2cccc(Cl)c12. The number of aromatic amines is 1. The molecule has 0 aliphatic heterocycles. The van der Waals surface area contributed by atoms with Crippen LogP contribution in [0.2, 0.25) is 5.02 Å². The third kappa shape index (κ3) is 1.35. The van der Waals surface area contributed by atoms with Gasteiger partial charge in [0.1, 0.15) is 0 Å². The quantitative estimate of drug-likeness (QED) is 0.440. The van der Waals surface area contributed by atoms with Gasteiger partial charge in [0.2, 0.25) is 0 Å². The van der Waals surface area contributed by atoms with Gasteiger partial charge in [-0.05, 0) is 12.1 Å². The first-order chi connectivity index (χ1) is 6.74. The van der Waals surface area contributed by atoms with Gasteiger partial charge >= 0.3 is 0 Å². The molecule has 2 N–H and O–H groups in total. The topological polar surface area (TPSA) is 48.4 Å². The Balaban J connectivity index is 2.80. The molecule has 0 bridgehead atoms. The Kier molecular flexibility index (Phi) is 2.35. The number of nitrogens with zero attached hydrogens (tertiary/aromatic N) is 1. The van der Waals surface area contributed by atoms with Gasteiger partial charge in [-0.3, -0.25) is 0 Å². The van der Waals surface area contributed by atoms with Crippen LogP contribution in [0, 0.1) is 0 Å². The molecule has 5 heteroatoms. The van der Waals surface area contributed by atoms with Crippen LogP contribution in [0.3, 0.4) is 0 Å². The van der Waals surface area contributed by atoms with Crippen molar-refractivity contribution in [1.82, 2.24) is 4.98 Å². The maximum Gasteiger partial charge on any atom is 0.177 e. The number of H-pyrrole nitrogens is 1. The molecule has 3 nitrogen and oxygen atoms in total. The van der Waals surface area contributed by atoms with Crippen molar-refractivity contribution in [2.24, 2.45) is 5.16 Å². The highest BCUT2D eigenvalue weighted by molar-refractivity contribution is 6.70. The van der Waals surface area contributed by atoms with Gasteiger partial charge in [-0.25, -0.2) is 0 Å². The van der Waals surface area contributed by atoms with E-state index in [2.05, 4.69) is 10.1 Å². The fraction of sp³-hybridized carbons (Fsp3) is 0. The summed E-state index contributed by atoms with van der Waals surface area (Å²) in [4.78, 5) is 2.98. The molecule has 1 aromatic heterocycles. The van der Waals surface area contributed by atoms with E-state index in [1.54, 1.807) is 12.3 Å². The first-order valence-electron chi connectivity index (χ1n) is 3.87. The fourth-order valence-corrected chi connectivity index (χ4v) is 1.78. The predicted octanol–water partition coefficient (Wildman–Crippen LogP) is 3.20. The van der Waals surface area contributed by atoms with Crippen molar-refractivity contribution < 1.29 is 5.21 Å². The number of fused-ring (bicyclic) bond motifs is 1. The monoisotopic (exact) mass is 228 g/mol. The second kappa shape index (κ2) is 3.52. The second-order valence-electron chi connectivity index (χ2n) is 2.76. The molecule has 0 atom stereocenters. The van der Waals surface area contributed by atoms with Gasteiger partial charge < -0.3 is 10.2 Å². The summed E-state index contributed by atoms with van der Waals surface area (Å²) >= 11 is 11.7. The number of nitrogens with one attached hydrogen (secondary N) is 1. The summed E-state index contributed by atoms with van der Waals surface area (Å²) in [6.45, 7) is 0. The molecule has 0 aliphatic carbocycles. The average molecular weight is 229 g/mol. The van der Waals surface area contributed by atoms with Gasteiger partial charge in [0.25, 0.3) is 0 Å². The third-order valence-corrected chi connectivity index (χ3v) is 2.56. The highest BCUT2D eigenvalue weighted by atomic mass is 35.5. The lowest BCUT2D eigenvalue weighted by atomic mass is 10.2. The van der Waals surface area contributed by atoms with E-state index in [0.29, 0.717) is 10.6 Å². The van der Waals surface area contributed by atoms with E-state index in [0.717, 1.165) is 10.9 Å². The summed E-state index contributed by atoms with van der Waals surface area (Å²) in [5, 5.41) is 12.8. The van der Waals surface area contributed by atoms with Crippen LogP contribution in [0.15, 0.2) is 29.6 Å². The molecule has 0 spiro atoms. The highest BCUT2D eigenvalue weighted by Gasteiger charge is 2.10. The van der Waals surface area contributed by atoms with Crippen LogP contribution in [-0.2, 0) is 0 Å². The first kappa shape index (κ1) is 9.37. The Labute approximate surface area is 89.9 Å². The lowest BCUT2D eigenvalue weighted by molar-refractivity contribution is 0.321. The number of benzene rings is 1. The highest BCUT2D eigenvalue weighted by Crippen LogP contribution is 2.27. The zero-order valence-electron chi connectivity index (χ0n) is 6.96. The van der Waals surface area contributed by atoms with Gasteiger partial charge in [-0.2, -0.15) is 0 Å². The molecule has 0 saturated heterocycles. The van der Waals surface area contributed by atoms with Crippen LogP contribution in [0.1, 0.15) is 5.56 Å². The van der Waals surface area contributed by atoms with Crippen LogP contribution in [-0.4, -0.2) is 15.4 Å². The summed E-state index contributed by atoms with van der Waals surface area (Å²) in [6, 6.07) is 5.45. The minimum atomic E-state index is 0.0179. The number of hydrogen-bond donors (Lipinski definition) is 2. The molecular weight excluding hydrogens is 223 g/mol. The standard InChI is InChI=1S/C9H6Cl2N2O/c10-6-2-1-3-7-8(6)5(4-12-7)9(11)13-14/h1-4,12,14H. The molecule has 1 aromatic carbocycles. The van der Waals surface area contributed by atoms with E-state index in [1.165, 1.54) is 0 Å². The van der Waals surface area contributed by atoms with Crippen LogP contribution < -0.4 is 0 Å². The maximum atomic E-state index is 8.56. The van der Waals surface area contributed by atoms with Crippen molar-refractivity contribution >= 4 is 39.3 Å². The van der Waals surface area contributed by atoms with Crippen LogP contribution in [0.4, 0.5) is 0 Å². The minimum absolute atomic E-state index is 0.0179. The Hall–Kier alpha value is -1.19. The number of rotatable bonds is 1. The van der Waals surface area contributed by atoms with Crippen molar-refractivity contribution in [3.8, 4) is 0 Å².